The van der Waals surface area contributed by atoms with Gasteiger partial charge in [0.15, 0.2) is 0 Å². The average molecular weight is 251 g/mol. The summed E-state index contributed by atoms with van der Waals surface area (Å²) in [5, 5.41) is 8.38. The minimum Gasteiger partial charge on any atom is -0.496 e. The Hall–Kier alpha value is -1.36. The molecule has 1 rings (SSSR count). The number of carboxylic acids is 1. The molecular formula is C10H9ClF2O3. The van der Waals surface area contributed by atoms with Crippen LogP contribution in [-0.4, -0.2) is 24.1 Å². The number of aliphatic carboxylic acids is 1. The van der Waals surface area contributed by atoms with E-state index in [1.165, 1.54) is 25.3 Å². The van der Waals surface area contributed by atoms with E-state index in [-0.39, 0.29) is 16.3 Å². The van der Waals surface area contributed by atoms with Gasteiger partial charge in [-0.25, -0.2) is 4.79 Å². The normalized spacial score (nSPS) is 11.2. The topological polar surface area (TPSA) is 46.5 Å². The van der Waals surface area contributed by atoms with Crippen LogP contribution in [0.5, 0.6) is 5.75 Å². The highest BCUT2D eigenvalue weighted by molar-refractivity contribution is 6.31. The third-order valence-electron chi connectivity index (χ3n) is 2.01. The smallest absolute Gasteiger partial charge is 0.374 e. The third-order valence-corrected chi connectivity index (χ3v) is 2.36. The largest absolute Gasteiger partial charge is 0.496 e. The van der Waals surface area contributed by atoms with Gasteiger partial charge in [0.25, 0.3) is 0 Å². The van der Waals surface area contributed by atoms with E-state index in [4.69, 9.17) is 21.4 Å². The number of carbonyl (C=O) groups is 1. The maximum absolute atomic E-state index is 13.0. The fourth-order valence-electron chi connectivity index (χ4n) is 1.20. The molecule has 6 heteroatoms. The molecule has 0 amide bonds. The van der Waals surface area contributed by atoms with Crippen LogP contribution in [0.1, 0.15) is 5.56 Å². The summed E-state index contributed by atoms with van der Waals surface area (Å²) in [5.74, 6) is -5.90. The van der Waals surface area contributed by atoms with E-state index in [9.17, 15) is 13.6 Å². The Bertz CT molecular complexity index is 407. The van der Waals surface area contributed by atoms with Gasteiger partial charge in [0.05, 0.1) is 13.5 Å². The van der Waals surface area contributed by atoms with Crippen molar-refractivity contribution in [2.75, 3.05) is 7.11 Å². The summed E-state index contributed by atoms with van der Waals surface area (Å²) < 4.78 is 30.9. The Kier molecular flexibility index (Phi) is 3.70. The number of carboxylic acid groups (broad SMARTS) is 1. The molecule has 0 bridgehead atoms. The van der Waals surface area contributed by atoms with Crippen LogP contribution in [0.2, 0.25) is 5.02 Å². The van der Waals surface area contributed by atoms with Gasteiger partial charge in [0.2, 0.25) is 0 Å². The second kappa shape index (κ2) is 4.65. The Labute approximate surface area is 95.6 Å². The third kappa shape index (κ3) is 2.61. The van der Waals surface area contributed by atoms with E-state index in [0.717, 1.165) is 0 Å². The van der Waals surface area contributed by atoms with Crippen LogP contribution < -0.4 is 4.74 Å². The van der Waals surface area contributed by atoms with Gasteiger partial charge < -0.3 is 9.84 Å². The van der Waals surface area contributed by atoms with Crippen molar-refractivity contribution in [1.82, 2.24) is 0 Å². The number of benzene rings is 1. The van der Waals surface area contributed by atoms with Crippen LogP contribution in [0, 0.1) is 0 Å². The molecule has 0 aliphatic carbocycles. The van der Waals surface area contributed by atoms with E-state index in [2.05, 4.69) is 0 Å². The molecule has 0 radical (unpaired) electrons. The molecule has 0 aliphatic rings. The average Bonchev–Trinajstić information content (AvgIpc) is 2.20. The van der Waals surface area contributed by atoms with Crippen LogP contribution in [0.25, 0.3) is 0 Å². The van der Waals surface area contributed by atoms with E-state index in [1.807, 2.05) is 0 Å². The second-order valence-electron chi connectivity index (χ2n) is 3.11. The van der Waals surface area contributed by atoms with Gasteiger partial charge in [-0.2, -0.15) is 8.78 Å². The number of ether oxygens (including phenoxy) is 1. The monoisotopic (exact) mass is 250 g/mol. The van der Waals surface area contributed by atoms with Crippen molar-refractivity contribution in [2.24, 2.45) is 0 Å². The van der Waals surface area contributed by atoms with Crippen molar-refractivity contribution < 1.29 is 23.4 Å². The van der Waals surface area contributed by atoms with E-state index < -0.39 is 18.3 Å². The Morgan fingerprint density at radius 3 is 2.69 bits per heavy atom. The number of halogens is 3. The summed E-state index contributed by atoms with van der Waals surface area (Å²) in [5.41, 5.74) is -0.0148. The van der Waals surface area contributed by atoms with Gasteiger partial charge >= 0.3 is 11.9 Å². The van der Waals surface area contributed by atoms with Crippen LogP contribution in [-0.2, 0) is 11.2 Å². The lowest BCUT2D eigenvalue weighted by Gasteiger charge is -2.14. The van der Waals surface area contributed by atoms with Gasteiger partial charge in [-0.05, 0) is 12.1 Å². The Morgan fingerprint density at radius 2 is 2.19 bits per heavy atom. The molecule has 0 saturated carbocycles. The highest BCUT2D eigenvalue weighted by atomic mass is 35.5. The predicted octanol–water partition coefficient (Wildman–Crippen LogP) is 2.61. The van der Waals surface area contributed by atoms with Gasteiger partial charge in [-0.15, -0.1) is 0 Å². The quantitative estimate of drug-likeness (QED) is 0.894. The Morgan fingerprint density at radius 1 is 1.56 bits per heavy atom. The molecule has 0 aromatic heterocycles. The zero-order valence-electron chi connectivity index (χ0n) is 8.34. The minimum absolute atomic E-state index is 0.0148. The summed E-state index contributed by atoms with van der Waals surface area (Å²) >= 11 is 5.71. The molecule has 0 unspecified atom stereocenters. The molecule has 3 nitrogen and oxygen atoms in total. The van der Waals surface area contributed by atoms with E-state index in [0.29, 0.717) is 0 Å². The van der Waals surface area contributed by atoms with Crippen molar-refractivity contribution in [3.05, 3.63) is 28.8 Å². The standard InChI is InChI=1S/C10H9ClF2O3/c1-16-8-4-2-3-7(11)6(8)5-10(12,13)9(14)15/h2-4H,5H2,1H3,(H,14,15). The van der Waals surface area contributed by atoms with Crippen molar-refractivity contribution in [1.29, 1.82) is 0 Å². The summed E-state index contributed by atoms with van der Waals surface area (Å²) in [6.07, 6.45) is -0.995. The molecule has 88 valence electrons. The minimum atomic E-state index is -3.86. The second-order valence-corrected chi connectivity index (χ2v) is 3.51. The summed E-state index contributed by atoms with van der Waals surface area (Å²) in [7, 11) is 1.30. The molecule has 0 aliphatic heterocycles. The molecule has 1 N–H and O–H groups in total. The van der Waals surface area contributed by atoms with Crippen molar-refractivity contribution in [2.45, 2.75) is 12.3 Å². The highest BCUT2D eigenvalue weighted by Gasteiger charge is 2.40. The van der Waals surface area contributed by atoms with Crippen molar-refractivity contribution in [3.8, 4) is 5.75 Å². The van der Waals surface area contributed by atoms with Crippen LogP contribution in [0.4, 0.5) is 8.78 Å². The molecular weight excluding hydrogens is 242 g/mol. The number of hydrogen-bond donors (Lipinski definition) is 1. The van der Waals surface area contributed by atoms with Gasteiger partial charge in [-0.3, -0.25) is 0 Å². The number of hydrogen-bond acceptors (Lipinski definition) is 2. The first-order valence-electron chi connectivity index (χ1n) is 4.31. The zero-order valence-corrected chi connectivity index (χ0v) is 9.09. The fraction of sp³-hybridized carbons (Fsp3) is 0.300. The number of methoxy groups -OCH3 is 1. The van der Waals surface area contributed by atoms with Crippen LogP contribution in [0.15, 0.2) is 18.2 Å². The fourth-order valence-corrected chi connectivity index (χ4v) is 1.43. The highest BCUT2D eigenvalue weighted by Crippen LogP contribution is 2.32. The van der Waals surface area contributed by atoms with Crippen LogP contribution >= 0.6 is 11.6 Å². The molecule has 0 saturated heterocycles. The lowest BCUT2D eigenvalue weighted by atomic mass is 10.1. The lowest BCUT2D eigenvalue weighted by molar-refractivity contribution is -0.164. The summed E-state index contributed by atoms with van der Waals surface area (Å²) in [6.45, 7) is 0. The number of rotatable bonds is 4. The van der Waals surface area contributed by atoms with Crippen molar-refractivity contribution in [3.63, 3.8) is 0 Å². The first kappa shape index (κ1) is 12.7. The molecule has 16 heavy (non-hydrogen) atoms. The van der Waals surface area contributed by atoms with E-state index >= 15 is 0 Å². The molecule has 0 atom stereocenters. The van der Waals surface area contributed by atoms with Gasteiger partial charge in [0, 0.05) is 10.6 Å². The summed E-state index contributed by atoms with van der Waals surface area (Å²) in [6, 6.07) is 4.38. The first-order chi connectivity index (χ1) is 7.38. The maximum atomic E-state index is 13.0. The molecule has 1 aromatic carbocycles. The lowest BCUT2D eigenvalue weighted by Crippen LogP contribution is -2.30. The van der Waals surface area contributed by atoms with Crippen LogP contribution in [0.3, 0.4) is 0 Å². The molecule has 1 aromatic rings. The van der Waals surface area contributed by atoms with Gasteiger partial charge in [-0.1, -0.05) is 17.7 Å². The van der Waals surface area contributed by atoms with E-state index in [1.54, 1.807) is 0 Å². The first-order valence-corrected chi connectivity index (χ1v) is 4.69. The SMILES string of the molecule is COc1cccc(Cl)c1CC(F)(F)C(=O)O. The number of alkyl halides is 2. The summed E-state index contributed by atoms with van der Waals surface area (Å²) in [4.78, 5) is 10.3. The van der Waals surface area contributed by atoms with Gasteiger partial charge in [0.1, 0.15) is 5.75 Å². The molecule has 0 fully saturated rings. The Balaban J connectivity index is 3.09. The molecule has 0 heterocycles. The predicted molar refractivity (Wildman–Crippen MR) is 54.3 cm³/mol. The maximum Gasteiger partial charge on any atom is 0.374 e. The van der Waals surface area contributed by atoms with Crippen molar-refractivity contribution >= 4 is 17.6 Å². The molecule has 0 spiro atoms. The zero-order chi connectivity index (χ0) is 12.3.